The van der Waals surface area contributed by atoms with E-state index in [0.29, 0.717) is 12.1 Å². The van der Waals surface area contributed by atoms with Crippen molar-refractivity contribution < 1.29 is 35.9 Å². The molecule has 0 saturated carbocycles. The van der Waals surface area contributed by atoms with Crippen molar-refractivity contribution in [2.24, 2.45) is 10.7 Å². The van der Waals surface area contributed by atoms with Crippen LogP contribution in [0.25, 0.3) is 11.1 Å². The number of rotatable bonds is 3. The third-order valence-electron chi connectivity index (χ3n) is 3.40. The van der Waals surface area contributed by atoms with Crippen molar-refractivity contribution in [3.8, 4) is 11.1 Å². The molecule has 0 bridgehead atoms. The van der Waals surface area contributed by atoms with Gasteiger partial charge in [0.1, 0.15) is 0 Å². The number of isocyanates is 1. The molecule has 2 N–H and O–H groups in total. The first-order valence-corrected chi connectivity index (χ1v) is 6.76. The highest BCUT2D eigenvalue weighted by Crippen LogP contribution is 2.44. The first kappa shape index (κ1) is 19.2. The van der Waals surface area contributed by atoms with Gasteiger partial charge in [-0.2, -0.15) is 31.3 Å². The molecular formula is C16H8F6N2O2. The number of amides is 1. The zero-order valence-electron chi connectivity index (χ0n) is 12.6. The molecule has 0 aliphatic rings. The van der Waals surface area contributed by atoms with Crippen molar-refractivity contribution in [3.05, 3.63) is 53.1 Å². The molecule has 0 fully saturated rings. The molecule has 10 heteroatoms. The minimum absolute atomic E-state index is 0.0818. The van der Waals surface area contributed by atoms with Crippen LogP contribution in [0.1, 0.15) is 21.5 Å². The van der Waals surface area contributed by atoms with Gasteiger partial charge in [-0.3, -0.25) is 4.79 Å². The molecule has 0 aliphatic carbocycles. The number of nitrogens with two attached hydrogens (primary N) is 1. The van der Waals surface area contributed by atoms with Crippen LogP contribution in [0.2, 0.25) is 0 Å². The summed E-state index contributed by atoms with van der Waals surface area (Å²) in [4.78, 5) is 25.3. The van der Waals surface area contributed by atoms with Crippen LogP contribution in [0.15, 0.2) is 41.4 Å². The van der Waals surface area contributed by atoms with Gasteiger partial charge in [0.25, 0.3) is 0 Å². The average molecular weight is 374 g/mol. The van der Waals surface area contributed by atoms with E-state index in [9.17, 15) is 35.9 Å². The molecule has 0 atom stereocenters. The zero-order chi connectivity index (χ0) is 19.7. The molecule has 2 rings (SSSR count). The van der Waals surface area contributed by atoms with Gasteiger partial charge in [-0.05, 0) is 29.8 Å². The van der Waals surface area contributed by atoms with E-state index in [1.807, 2.05) is 0 Å². The number of aliphatic imine (C=N–C) groups is 1. The van der Waals surface area contributed by atoms with Gasteiger partial charge in [0.15, 0.2) is 0 Å². The maximum Gasteiger partial charge on any atom is 0.417 e. The second-order valence-electron chi connectivity index (χ2n) is 5.02. The molecule has 136 valence electrons. The number of primary amides is 1. The van der Waals surface area contributed by atoms with Crippen molar-refractivity contribution >= 4 is 17.7 Å². The predicted octanol–water partition coefficient (Wildman–Crippen LogP) is 4.46. The van der Waals surface area contributed by atoms with Crippen LogP contribution in [0.5, 0.6) is 0 Å². The minimum atomic E-state index is -5.18. The maximum absolute atomic E-state index is 13.4. The van der Waals surface area contributed by atoms with Crippen molar-refractivity contribution in [2.45, 2.75) is 12.4 Å². The lowest BCUT2D eigenvalue weighted by Gasteiger charge is -2.18. The van der Waals surface area contributed by atoms with Crippen LogP contribution in [-0.4, -0.2) is 12.0 Å². The molecule has 0 aliphatic heterocycles. The molecule has 2 aromatic carbocycles. The van der Waals surface area contributed by atoms with Crippen LogP contribution in [0, 0.1) is 0 Å². The predicted molar refractivity (Wildman–Crippen MR) is 78.2 cm³/mol. The van der Waals surface area contributed by atoms with Gasteiger partial charge in [0, 0.05) is 11.1 Å². The lowest BCUT2D eigenvalue weighted by Crippen LogP contribution is -2.15. The van der Waals surface area contributed by atoms with E-state index in [2.05, 4.69) is 4.99 Å². The van der Waals surface area contributed by atoms with Crippen molar-refractivity contribution in [1.82, 2.24) is 0 Å². The van der Waals surface area contributed by atoms with Crippen LogP contribution in [-0.2, 0) is 17.1 Å². The van der Waals surface area contributed by atoms with Crippen molar-refractivity contribution in [3.63, 3.8) is 0 Å². The first-order chi connectivity index (χ1) is 12.0. The summed E-state index contributed by atoms with van der Waals surface area (Å²) < 4.78 is 78.4. The van der Waals surface area contributed by atoms with Crippen LogP contribution < -0.4 is 5.73 Å². The Morgan fingerprint density at radius 1 is 1.00 bits per heavy atom. The number of carbonyl (C=O) groups excluding carboxylic acids is 2. The first-order valence-electron chi connectivity index (χ1n) is 6.76. The molecule has 0 aromatic heterocycles. The molecule has 2 aromatic rings. The fraction of sp³-hybridized carbons (Fsp3) is 0.125. The number of hydrogen-bond acceptors (Lipinski definition) is 3. The fourth-order valence-electron chi connectivity index (χ4n) is 2.34. The highest BCUT2D eigenvalue weighted by molar-refractivity contribution is 6.03. The molecule has 26 heavy (non-hydrogen) atoms. The summed E-state index contributed by atoms with van der Waals surface area (Å²) in [7, 11) is 0. The van der Waals surface area contributed by atoms with Gasteiger partial charge in [-0.15, -0.1) is 0 Å². The third kappa shape index (κ3) is 3.75. The third-order valence-corrected chi connectivity index (χ3v) is 3.40. The molecule has 0 spiro atoms. The van der Waals surface area contributed by atoms with E-state index in [1.54, 1.807) is 0 Å². The second-order valence-corrected chi connectivity index (χ2v) is 5.02. The number of carbonyl (C=O) groups is 1. The quantitative estimate of drug-likeness (QED) is 0.490. The summed E-state index contributed by atoms with van der Waals surface area (Å²) in [6.07, 6.45) is -9.07. The number of nitrogens with zero attached hydrogens (tertiary/aromatic N) is 1. The van der Waals surface area contributed by atoms with Crippen LogP contribution in [0.3, 0.4) is 0 Å². The summed E-state index contributed by atoms with van der Waals surface area (Å²) >= 11 is 0. The van der Waals surface area contributed by atoms with Gasteiger partial charge in [0.2, 0.25) is 12.0 Å². The molecule has 0 radical (unpaired) electrons. The lowest BCUT2D eigenvalue weighted by atomic mass is 9.91. The molecule has 0 unspecified atom stereocenters. The summed E-state index contributed by atoms with van der Waals surface area (Å²) in [5.41, 5.74) is -0.142. The summed E-state index contributed by atoms with van der Waals surface area (Å²) in [6.45, 7) is 0. The lowest BCUT2D eigenvalue weighted by molar-refractivity contribution is -0.142. The smallest absolute Gasteiger partial charge is 0.366 e. The Morgan fingerprint density at radius 2 is 1.65 bits per heavy atom. The normalized spacial score (nSPS) is 11.8. The zero-order valence-corrected chi connectivity index (χ0v) is 12.6. The molecular weight excluding hydrogens is 366 g/mol. The van der Waals surface area contributed by atoms with Gasteiger partial charge in [-0.1, -0.05) is 12.1 Å². The van der Waals surface area contributed by atoms with Gasteiger partial charge in [0.05, 0.1) is 16.8 Å². The SMILES string of the molecule is NC(=O)c1cccc(N=C=O)c1-c1ccc(C(F)(F)F)cc1C(F)(F)F. The van der Waals surface area contributed by atoms with E-state index in [0.717, 1.165) is 18.2 Å². The standard InChI is InChI=1S/C16H8F6N2O2/c17-15(18,19)8-4-5-9(11(6-8)16(20,21)22)13-10(14(23)26)2-1-3-12(13)24-7-25/h1-6H,(H2,23,26). The Bertz CT molecular complexity index is 892. The molecule has 0 saturated heterocycles. The Morgan fingerprint density at radius 3 is 2.15 bits per heavy atom. The summed E-state index contributed by atoms with van der Waals surface area (Å²) in [5, 5.41) is 0. The molecule has 0 heterocycles. The fourth-order valence-corrected chi connectivity index (χ4v) is 2.34. The highest BCUT2D eigenvalue weighted by Gasteiger charge is 2.39. The van der Waals surface area contributed by atoms with E-state index in [-0.39, 0.29) is 11.8 Å². The van der Waals surface area contributed by atoms with E-state index in [1.165, 1.54) is 6.07 Å². The Balaban J connectivity index is 2.93. The van der Waals surface area contributed by atoms with E-state index >= 15 is 0 Å². The number of benzene rings is 2. The Labute approximate surface area is 141 Å². The monoisotopic (exact) mass is 374 g/mol. The van der Waals surface area contributed by atoms with E-state index < -0.39 is 46.1 Å². The number of hydrogen-bond donors (Lipinski definition) is 1. The Hall–Kier alpha value is -3.13. The van der Waals surface area contributed by atoms with E-state index in [4.69, 9.17) is 5.73 Å². The van der Waals surface area contributed by atoms with Crippen molar-refractivity contribution in [2.75, 3.05) is 0 Å². The highest BCUT2D eigenvalue weighted by atomic mass is 19.4. The average Bonchev–Trinajstić information content (AvgIpc) is 2.52. The van der Waals surface area contributed by atoms with Gasteiger partial charge < -0.3 is 5.73 Å². The minimum Gasteiger partial charge on any atom is -0.366 e. The largest absolute Gasteiger partial charge is 0.417 e. The molecule has 4 nitrogen and oxygen atoms in total. The number of alkyl halides is 6. The molecule has 1 amide bonds. The summed E-state index contributed by atoms with van der Waals surface area (Å²) in [5.74, 6) is -1.14. The van der Waals surface area contributed by atoms with Crippen molar-refractivity contribution in [1.29, 1.82) is 0 Å². The van der Waals surface area contributed by atoms with Gasteiger partial charge in [-0.25, -0.2) is 4.79 Å². The summed E-state index contributed by atoms with van der Waals surface area (Å²) in [6, 6.07) is 4.27. The number of halogens is 6. The van der Waals surface area contributed by atoms with Crippen LogP contribution in [0.4, 0.5) is 32.0 Å². The van der Waals surface area contributed by atoms with Gasteiger partial charge >= 0.3 is 12.4 Å². The van der Waals surface area contributed by atoms with Crippen LogP contribution >= 0.6 is 0 Å². The second kappa shape index (κ2) is 6.64. The Kier molecular flexibility index (Phi) is 4.90. The topological polar surface area (TPSA) is 72.5 Å². The maximum atomic E-state index is 13.4.